The quantitative estimate of drug-likeness (QED) is 0.339. The van der Waals surface area contributed by atoms with E-state index >= 15 is 0 Å². The molecular formula is C23H20ClIN4O3S. The highest BCUT2D eigenvalue weighted by molar-refractivity contribution is 14.1. The molecular weight excluding hydrogens is 575 g/mol. The van der Waals surface area contributed by atoms with Crippen LogP contribution in [-0.4, -0.2) is 48.0 Å². The number of nitrogens with one attached hydrogen (secondary N) is 2. The van der Waals surface area contributed by atoms with Crippen molar-refractivity contribution in [3.63, 3.8) is 0 Å². The summed E-state index contributed by atoms with van der Waals surface area (Å²) in [5, 5.41) is 6.40. The predicted octanol–water partition coefficient (Wildman–Crippen LogP) is 4.63. The summed E-state index contributed by atoms with van der Waals surface area (Å²) in [7, 11) is 0. The summed E-state index contributed by atoms with van der Waals surface area (Å²) in [5.74, 6) is -0.0401. The van der Waals surface area contributed by atoms with Gasteiger partial charge in [0.2, 0.25) is 0 Å². The molecule has 1 fully saturated rings. The Labute approximate surface area is 215 Å². The Morgan fingerprint density at radius 1 is 1.03 bits per heavy atom. The van der Waals surface area contributed by atoms with Crippen LogP contribution in [0.2, 0.25) is 5.02 Å². The number of hydrogen-bond acceptors (Lipinski definition) is 5. The molecule has 0 unspecified atom stereocenters. The fourth-order valence-electron chi connectivity index (χ4n) is 3.49. The van der Waals surface area contributed by atoms with E-state index in [4.69, 9.17) is 28.2 Å². The second-order valence-electron chi connectivity index (χ2n) is 7.34. The number of benzene rings is 2. The first-order valence-corrected chi connectivity index (χ1v) is 12.0. The minimum Gasteiger partial charge on any atom is -0.459 e. The molecule has 33 heavy (non-hydrogen) atoms. The molecule has 2 heterocycles. The molecule has 0 bridgehead atoms. The fourth-order valence-corrected chi connectivity index (χ4v) is 4.36. The highest BCUT2D eigenvalue weighted by Gasteiger charge is 2.24. The Morgan fingerprint density at radius 2 is 1.76 bits per heavy atom. The molecule has 1 aromatic heterocycles. The van der Waals surface area contributed by atoms with Crippen LogP contribution in [0.1, 0.15) is 20.9 Å². The highest BCUT2D eigenvalue weighted by atomic mass is 127. The second-order valence-corrected chi connectivity index (χ2v) is 9.40. The molecule has 0 spiro atoms. The lowest BCUT2D eigenvalue weighted by atomic mass is 10.2. The van der Waals surface area contributed by atoms with Crippen LogP contribution < -0.4 is 15.5 Å². The molecule has 2 aromatic carbocycles. The van der Waals surface area contributed by atoms with E-state index in [0.717, 1.165) is 9.26 Å². The van der Waals surface area contributed by atoms with E-state index < -0.39 is 0 Å². The monoisotopic (exact) mass is 594 g/mol. The van der Waals surface area contributed by atoms with E-state index in [1.807, 2.05) is 24.3 Å². The molecule has 1 aliphatic rings. The molecule has 170 valence electrons. The van der Waals surface area contributed by atoms with Crippen LogP contribution in [0, 0.1) is 3.57 Å². The third-order valence-corrected chi connectivity index (χ3v) is 6.40. The zero-order valence-corrected chi connectivity index (χ0v) is 21.1. The van der Waals surface area contributed by atoms with Gasteiger partial charge in [-0.25, -0.2) is 0 Å². The Morgan fingerprint density at radius 3 is 2.39 bits per heavy atom. The van der Waals surface area contributed by atoms with Gasteiger partial charge in [0.1, 0.15) is 0 Å². The minimum absolute atomic E-state index is 0.105. The molecule has 0 saturated carbocycles. The number of halogens is 2. The van der Waals surface area contributed by atoms with E-state index in [1.54, 1.807) is 35.2 Å². The van der Waals surface area contributed by atoms with E-state index in [1.165, 1.54) is 6.26 Å². The molecule has 0 radical (unpaired) electrons. The Hall–Kier alpha value is -2.63. The normalized spacial score (nSPS) is 13.5. The number of nitrogens with zero attached hydrogens (tertiary/aromatic N) is 2. The summed E-state index contributed by atoms with van der Waals surface area (Å²) in [4.78, 5) is 28.7. The molecule has 4 rings (SSSR count). The van der Waals surface area contributed by atoms with Crippen LogP contribution >= 0.6 is 46.4 Å². The maximum absolute atomic E-state index is 12.4. The van der Waals surface area contributed by atoms with Gasteiger partial charge in [0.25, 0.3) is 11.8 Å². The Bertz CT molecular complexity index is 1160. The van der Waals surface area contributed by atoms with Crippen molar-refractivity contribution >= 4 is 74.7 Å². The third-order valence-electron chi connectivity index (χ3n) is 5.18. The summed E-state index contributed by atoms with van der Waals surface area (Å²) >= 11 is 14.0. The zero-order chi connectivity index (χ0) is 23.4. The van der Waals surface area contributed by atoms with E-state index in [2.05, 4.69) is 38.1 Å². The smallest absolute Gasteiger partial charge is 0.289 e. The summed E-state index contributed by atoms with van der Waals surface area (Å²) in [5.41, 5.74) is 2.07. The van der Waals surface area contributed by atoms with Crippen LogP contribution in [0.5, 0.6) is 0 Å². The first-order valence-electron chi connectivity index (χ1n) is 10.2. The number of carbonyl (C=O) groups is 2. The molecule has 0 aliphatic carbocycles. The van der Waals surface area contributed by atoms with Crippen molar-refractivity contribution < 1.29 is 14.0 Å². The van der Waals surface area contributed by atoms with Crippen molar-refractivity contribution in [3.8, 4) is 0 Å². The lowest BCUT2D eigenvalue weighted by Crippen LogP contribution is -2.48. The van der Waals surface area contributed by atoms with Gasteiger partial charge in [0, 0.05) is 41.0 Å². The SMILES string of the molecule is O=C(NC(=S)Nc1ccc(N2CCN(C(=O)c3ccco3)CC2)c(Cl)c1)c1ccc(I)cc1. The van der Waals surface area contributed by atoms with Crippen LogP contribution in [0.4, 0.5) is 11.4 Å². The average Bonchev–Trinajstić information content (AvgIpc) is 3.34. The summed E-state index contributed by atoms with van der Waals surface area (Å²) in [6, 6.07) is 16.1. The number of carbonyl (C=O) groups excluding carboxylic acids is 2. The van der Waals surface area contributed by atoms with Gasteiger partial charge in [0.05, 0.1) is 17.0 Å². The molecule has 7 nitrogen and oxygen atoms in total. The van der Waals surface area contributed by atoms with Crippen molar-refractivity contribution in [1.29, 1.82) is 0 Å². The predicted molar refractivity (Wildman–Crippen MR) is 141 cm³/mol. The lowest BCUT2D eigenvalue weighted by Gasteiger charge is -2.36. The van der Waals surface area contributed by atoms with E-state index in [-0.39, 0.29) is 16.9 Å². The molecule has 10 heteroatoms. The third kappa shape index (κ3) is 5.84. The second kappa shape index (κ2) is 10.5. The maximum atomic E-state index is 12.4. The van der Waals surface area contributed by atoms with Gasteiger partial charge in [-0.1, -0.05) is 11.6 Å². The van der Waals surface area contributed by atoms with Crippen molar-refractivity contribution in [1.82, 2.24) is 10.2 Å². The first-order chi connectivity index (χ1) is 15.9. The summed E-state index contributed by atoms with van der Waals surface area (Å²) < 4.78 is 6.25. The van der Waals surface area contributed by atoms with Crippen LogP contribution in [0.3, 0.4) is 0 Å². The molecule has 3 aromatic rings. The number of piperazine rings is 1. The largest absolute Gasteiger partial charge is 0.459 e. The van der Waals surface area contributed by atoms with E-state index in [9.17, 15) is 9.59 Å². The van der Waals surface area contributed by atoms with Crippen molar-refractivity contribution in [2.75, 3.05) is 36.4 Å². The van der Waals surface area contributed by atoms with E-state index in [0.29, 0.717) is 48.2 Å². The zero-order valence-electron chi connectivity index (χ0n) is 17.4. The Balaban J connectivity index is 1.32. The van der Waals surface area contributed by atoms with Crippen LogP contribution in [-0.2, 0) is 0 Å². The lowest BCUT2D eigenvalue weighted by molar-refractivity contribution is 0.0714. The van der Waals surface area contributed by atoms with Gasteiger partial charge >= 0.3 is 0 Å². The van der Waals surface area contributed by atoms with Crippen molar-refractivity contribution in [3.05, 3.63) is 80.8 Å². The molecule has 1 aliphatic heterocycles. The van der Waals surface area contributed by atoms with Crippen molar-refractivity contribution in [2.24, 2.45) is 0 Å². The van der Waals surface area contributed by atoms with Gasteiger partial charge in [-0.2, -0.15) is 0 Å². The number of rotatable bonds is 4. The molecule has 2 amide bonds. The molecule has 1 saturated heterocycles. The minimum atomic E-state index is -0.284. The van der Waals surface area contributed by atoms with Crippen LogP contribution in [0.25, 0.3) is 0 Å². The summed E-state index contributed by atoms with van der Waals surface area (Å²) in [6.45, 7) is 2.46. The van der Waals surface area contributed by atoms with Gasteiger partial charge in [-0.3, -0.25) is 14.9 Å². The highest BCUT2D eigenvalue weighted by Crippen LogP contribution is 2.30. The molecule has 0 atom stereocenters. The number of hydrogen-bond donors (Lipinski definition) is 2. The number of amides is 2. The fraction of sp³-hybridized carbons (Fsp3) is 0.174. The number of furan rings is 1. The van der Waals surface area contributed by atoms with Gasteiger partial charge in [0.15, 0.2) is 10.9 Å². The standard InChI is InChI=1S/C23H20ClIN4O3S/c24-18-14-17(26-23(33)27-21(30)15-3-5-16(25)6-4-15)7-8-19(18)28-9-11-29(12-10-28)22(31)20-2-1-13-32-20/h1-8,13-14H,9-12H2,(H2,26,27,30,33). The topological polar surface area (TPSA) is 77.8 Å². The van der Waals surface area contributed by atoms with Crippen LogP contribution in [0.15, 0.2) is 65.3 Å². The van der Waals surface area contributed by atoms with Gasteiger partial charge < -0.3 is 19.5 Å². The van der Waals surface area contributed by atoms with Crippen molar-refractivity contribution in [2.45, 2.75) is 0 Å². The number of thiocarbonyl (C=S) groups is 1. The molecule has 2 N–H and O–H groups in total. The Kier molecular flexibility index (Phi) is 7.51. The van der Waals surface area contributed by atoms with Gasteiger partial charge in [-0.05, 0) is 89.4 Å². The first kappa shape index (κ1) is 23.5. The summed E-state index contributed by atoms with van der Waals surface area (Å²) in [6.07, 6.45) is 1.50. The van der Waals surface area contributed by atoms with Gasteiger partial charge in [-0.15, -0.1) is 0 Å². The average molecular weight is 595 g/mol. The number of anilines is 2. The maximum Gasteiger partial charge on any atom is 0.289 e.